The summed E-state index contributed by atoms with van der Waals surface area (Å²) in [6, 6.07) is 14.0. The van der Waals surface area contributed by atoms with Gasteiger partial charge in [0.1, 0.15) is 18.1 Å². The van der Waals surface area contributed by atoms with Crippen molar-refractivity contribution in [2.24, 2.45) is 0 Å². The number of rotatable bonds is 7. The zero-order chi connectivity index (χ0) is 19.4. The summed E-state index contributed by atoms with van der Waals surface area (Å²) in [6.07, 6.45) is 0.733. The molecule has 0 atom stereocenters. The molecule has 1 aromatic heterocycles. The van der Waals surface area contributed by atoms with Gasteiger partial charge in [-0.1, -0.05) is 31.2 Å². The second-order valence-electron chi connectivity index (χ2n) is 6.23. The van der Waals surface area contributed by atoms with Gasteiger partial charge in [-0.25, -0.2) is 4.98 Å². The molecular weight excluding hydrogens is 352 g/mol. The molecule has 7 heteroatoms. The van der Waals surface area contributed by atoms with Crippen LogP contribution in [0.1, 0.15) is 18.3 Å². The Balaban J connectivity index is 1.69. The van der Waals surface area contributed by atoms with Crippen molar-refractivity contribution in [3.8, 4) is 5.75 Å². The Morgan fingerprint density at radius 1 is 1.19 bits per heavy atom. The number of nitrogens with zero attached hydrogens (tertiary/aromatic N) is 3. The van der Waals surface area contributed by atoms with E-state index in [4.69, 9.17) is 0 Å². The second kappa shape index (κ2) is 8.16. The van der Waals surface area contributed by atoms with Crippen LogP contribution in [0.15, 0.2) is 48.5 Å². The number of amides is 1. The van der Waals surface area contributed by atoms with Crippen molar-refractivity contribution in [2.45, 2.75) is 33.0 Å². The van der Waals surface area contributed by atoms with Gasteiger partial charge in [0.15, 0.2) is 0 Å². The van der Waals surface area contributed by atoms with Gasteiger partial charge in [0, 0.05) is 20.0 Å². The number of hydrogen-bond acceptors (Lipinski definition) is 3. The summed E-state index contributed by atoms with van der Waals surface area (Å²) in [5.74, 6) is 0.910. The van der Waals surface area contributed by atoms with Crippen molar-refractivity contribution in [2.75, 3.05) is 7.05 Å². The predicted octanol–water partition coefficient (Wildman–Crippen LogP) is 3.86. The first-order chi connectivity index (χ1) is 13.0. The summed E-state index contributed by atoms with van der Waals surface area (Å²) in [7, 11) is 1.72. The number of aromatic nitrogens is 2. The van der Waals surface area contributed by atoms with Gasteiger partial charge in [0.2, 0.25) is 5.91 Å². The van der Waals surface area contributed by atoms with Gasteiger partial charge in [0.05, 0.1) is 11.0 Å². The number of para-hydroxylation sites is 2. The average molecular weight is 373 g/mol. The lowest BCUT2D eigenvalue weighted by atomic mass is 10.2. The molecule has 3 aromatic rings. The Kier molecular flexibility index (Phi) is 5.69. The SMILES string of the molecule is CCc1nc2ccccc2n1CC(=O)N(C)Cc1ccc(OC(F)F)cc1. The van der Waals surface area contributed by atoms with E-state index in [2.05, 4.69) is 9.72 Å². The molecule has 0 aliphatic rings. The van der Waals surface area contributed by atoms with E-state index in [1.807, 2.05) is 35.8 Å². The molecule has 0 aliphatic carbocycles. The average Bonchev–Trinajstić information content (AvgIpc) is 3.00. The van der Waals surface area contributed by atoms with E-state index >= 15 is 0 Å². The molecule has 0 saturated heterocycles. The first kappa shape index (κ1) is 18.8. The van der Waals surface area contributed by atoms with Gasteiger partial charge in [0.25, 0.3) is 0 Å². The molecule has 0 fully saturated rings. The largest absolute Gasteiger partial charge is 0.435 e. The molecule has 27 heavy (non-hydrogen) atoms. The predicted molar refractivity (Wildman–Crippen MR) is 98.7 cm³/mol. The van der Waals surface area contributed by atoms with Crippen molar-refractivity contribution in [1.82, 2.24) is 14.5 Å². The lowest BCUT2D eigenvalue weighted by molar-refractivity contribution is -0.131. The Morgan fingerprint density at radius 2 is 1.89 bits per heavy atom. The van der Waals surface area contributed by atoms with Gasteiger partial charge in [-0.05, 0) is 29.8 Å². The Labute approximate surface area is 156 Å². The minimum Gasteiger partial charge on any atom is -0.435 e. The third-order valence-electron chi connectivity index (χ3n) is 4.34. The molecule has 1 amide bonds. The molecular formula is C20H21F2N3O2. The summed E-state index contributed by atoms with van der Waals surface area (Å²) < 4.78 is 30.7. The van der Waals surface area contributed by atoms with Crippen LogP contribution in [-0.4, -0.2) is 34.0 Å². The highest BCUT2D eigenvalue weighted by molar-refractivity contribution is 5.81. The molecule has 0 N–H and O–H groups in total. The van der Waals surface area contributed by atoms with E-state index in [1.165, 1.54) is 12.1 Å². The van der Waals surface area contributed by atoms with Gasteiger partial charge in [-0.3, -0.25) is 4.79 Å². The van der Waals surface area contributed by atoms with Crippen LogP contribution in [0.25, 0.3) is 11.0 Å². The van der Waals surface area contributed by atoms with E-state index in [-0.39, 0.29) is 18.2 Å². The number of imidazole rings is 1. The summed E-state index contributed by atoms with van der Waals surface area (Å²) in [4.78, 5) is 18.9. The first-order valence-electron chi connectivity index (χ1n) is 8.69. The van der Waals surface area contributed by atoms with Crippen LogP contribution in [0, 0.1) is 0 Å². The Morgan fingerprint density at radius 3 is 2.56 bits per heavy atom. The molecule has 5 nitrogen and oxygen atoms in total. The van der Waals surface area contributed by atoms with E-state index in [0.29, 0.717) is 6.54 Å². The highest BCUT2D eigenvalue weighted by Gasteiger charge is 2.15. The highest BCUT2D eigenvalue weighted by atomic mass is 19.3. The number of ether oxygens (including phenoxy) is 1. The Bertz CT molecular complexity index is 923. The number of likely N-dealkylation sites (N-methyl/N-ethyl adjacent to an activating group) is 1. The number of halogens is 2. The van der Waals surface area contributed by atoms with Crippen molar-refractivity contribution in [3.05, 3.63) is 59.9 Å². The van der Waals surface area contributed by atoms with Crippen LogP contribution in [-0.2, 0) is 24.3 Å². The molecule has 3 rings (SSSR count). The topological polar surface area (TPSA) is 47.4 Å². The maximum absolute atomic E-state index is 12.7. The lowest BCUT2D eigenvalue weighted by Gasteiger charge is -2.19. The molecule has 0 saturated carbocycles. The number of fused-ring (bicyclic) bond motifs is 1. The number of hydrogen-bond donors (Lipinski definition) is 0. The van der Waals surface area contributed by atoms with Crippen LogP contribution >= 0.6 is 0 Å². The van der Waals surface area contributed by atoms with Crippen LogP contribution in [0.2, 0.25) is 0 Å². The summed E-state index contributed by atoms with van der Waals surface area (Å²) in [6.45, 7) is -0.262. The van der Waals surface area contributed by atoms with Crippen LogP contribution in [0.5, 0.6) is 5.75 Å². The highest BCUT2D eigenvalue weighted by Crippen LogP contribution is 2.18. The van der Waals surface area contributed by atoms with E-state index in [9.17, 15) is 13.6 Å². The number of carbonyl (C=O) groups excluding carboxylic acids is 1. The second-order valence-corrected chi connectivity index (χ2v) is 6.23. The van der Waals surface area contributed by atoms with Gasteiger partial charge < -0.3 is 14.2 Å². The van der Waals surface area contributed by atoms with Crippen molar-refractivity contribution >= 4 is 16.9 Å². The van der Waals surface area contributed by atoms with Crippen LogP contribution < -0.4 is 4.74 Å². The quantitative estimate of drug-likeness (QED) is 0.632. The fourth-order valence-corrected chi connectivity index (χ4v) is 2.97. The van der Waals surface area contributed by atoms with Gasteiger partial charge >= 0.3 is 6.61 Å². The zero-order valence-corrected chi connectivity index (χ0v) is 15.2. The minimum absolute atomic E-state index is 0.0549. The van der Waals surface area contributed by atoms with Crippen molar-refractivity contribution < 1.29 is 18.3 Å². The summed E-state index contributed by atoms with van der Waals surface area (Å²) in [5, 5.41) is 0. The molecule has 0 bridgehead atoms. The first-order valence-corrected chi connectivity index (χ1v) is 8.69. The number of benzene rings is 2. The maximum Gasteiger partial charge on any atom is 0.387 e. The third-order valence-corrected chi connectivity index (χ3v) is 4.34. The maximum atomic E-state index is 12.7. The summed E-state index contributed by atoms with van der Waals surface area (Å²) in [5.41, 5.74) is 2.64. The summed E-state index contributed by atoms with van der Waals surface area (Å²) >= 11 is 0. The number of alkyl halides is 2. The Hall–Kier alpha value is -2.96. The van der Waals surface area contributed by atoms with E-state index < -0.39 is 6.61 Å². The molecule has 0 aliphatic heterocycles. The normalized spacial score (nSPS) is 11.1. The van der Waals surface area contributed by atoms with Crippen LogP contribution in [0.4, 0.5) is 8.78 Å². The van der Waals surface area contributed by atoms with E-state index in [1.54, 1.807) is 24.1 Å². The molecule has 0 spiro atoms. The fourth-order valence-electron chi connectivity index (χ4n) is 2.97. The van der Waals surface area contributed by atoms with Gasteiger partial charge in [-0.2, -0.15) is 8.78 Å². The number of carbonyl (C=O) groups is 1. The monoisotopic (exact) mass is 373 g/mol. The zero-order valence-electron chi connectivity index (χ0n) is 15.2. The van der Waals surface area contributed by atoms with Crippen LogP contribution in [0.3, 0.4) is 0 Å². The number of aryl methyl sites for hydroxylation is 1. The fraction of sp³-hybridized carbons (Fsp3) is 0.300. The van der Waals surface area contributed by atoms with Crippen molar-refractivity contribution in [1.29, 1.82) is 0 Å². The van der Waals surface area contributed by atoms with E-state index in [0.717, 1.165) is 28.8 Å². The lowest BCUT2D eigenvalue weighted by Crippen LogP contribution is -2.30. The minimum atomic E-state index is -2.85. The van der Waals surface area contributed by atoms with Crippen molar-refractivity contribution in [3.63, 3.8) is 0 Å². The standard InChI is InChI=1S/C20H21F2N3O2/c1-3-18-23-16-6-4-5-7-17(16)25(18)13-19(26)24(2)12-14-8-10-15(11-9-14)27-20(21)22/h4-11,20H,3,12-13H2,1-2H3. The molecule has 1 heterocycles. The third kappa shape index (κ3) is 4.42. The molecule has 142 valence electrons. The molecule has 0 unspecified atom stereocenters. The van der Waals surface area contributed by atoms with Gasteiger partial charge in [-0.15, -0.1) is 0 Å². The molecule has 0 radical (unpaired) electrons. The smallest absolute Gasteiger partial charge is 0.387 e. The molecule has 2 aromatic carbocycles.